The molecular formula is C43H25NO. The molecule has 0 atom stereocenters. The van der Waals surface area contributed by atoms with Crippen LogP contribution in [0.2, 0.25) is 0 Å². The first kappa shape index (κ1) is 24.5. The third-order valence-electron chi connectivity index (χ3n) is 9.50. The SMILES string of the molecule is c1cncc(-c2c(-c3cc4ccccc4c4ccccc34)c3ccc4c(oc5ccc6ccccc6c54)c3c3ccccc23)c1. The highest BCUT2D eigenvalue weighted by Crippen LogP contribution is 2.50. The fourth-order valence-corrected chi connectivity index (χ4v) is 7.63. The van der Waals surface area contributed by atoms with E-state index >= 15 is 0 Å². The van der Waals surface area contributed by atoms with Crippen LogP contribution in [0.15, 0.2) is 156 Å². The third-order valence-corrected chi connectivity index (χ3v) is 9.50. The van der Waals surface area contributed by atoms with Crippen molar-refractivity contribution in [3.63, 3.8) is 0 Å². The first-order chi connectivity index (χ1) is 22.3. The highest BCUT2D eigenvalue weighted by molar-refractivity contribution is 6.33. The molecule has 0 saturated heterocycles. The molecule has 0 radical (unpaired) electrons. The minimum absolute atomic E-state index is 0.911. The zero-order chi connectivity index (χ0) is 29.5. The monoisotopic (exact) mass is 571 g/mol. The maximum Gasteiger partial charge on any atom is 0.143 e. The Morgan fingerprint density at radius 2 is 1.11 bits per heavy atom. The summed E-state index contributed by atoms with van der Waals surface area (Å²) in [5, 5.41) is 14.4. The van der Waals surface area contributed by atoms with Gasteiger partial charge in [0.05, 0.1) is 0 Å². The second-order valence-electron chi connectivity index (χ2n) is 11.9. The number of benzene rings is 8. The van der Waals surface area contributed by atoms with Gasteiger partial charge in [0.1, 0.15) is 11.2 Å². The fourth-order valence-electron chi connectivity index (χ4n) is 7.63. The summed E-state index contributed by atoms with van der Waals surface area (Å²) in [5.74, 6) is 0. The van der Waals surface area contributed by atoms with Crippen LogP contribution in [0.4, 0.5) is 0 Å². The first-order valence-electron chi connectivity index (χ1n) is 15.4. The topological polar surface area (TPSA) is 26.0 Å². The lowest BCUT2D eigenvalue weighted by molar-refractivity contribution is 0.673. The fraction of sp³-hybridized carbons (Fsp3) is 0. The summed E-state index contributed by atoms with van der Waals surface area (Å²) in [7, 11) is 0. The molecule has 0 spiro atoms. The Bertz CT molecular complexity index is 2810. The Morgan fingerprint density at radius 3 is 1.93 bits per heavy atom. The molecular weight excluding hydrogens is 546 g/mol. The Kier molecular flexibility index (Phi) is 5.03. The maximum atomic E-state index is 6.86. The van der Waals surface area contributed by atoms with Gasteiger partial charge in [-0.15, -0.1) is 0 Å². The molecule has 8 aromatic carbocycles. The van der Waals surface area contributed by atoms with Crippen molar-refractivity contribution in [3.8, 4) is 22.3 Å². The van der Waals surface area contributed by atoms with Crippen molar-refractivity contribution in [2.45, 2.75) is 0 Å². The van der Waals surface area contributed by atoms with Gasteiger partial charge in [-0.2, -0.15) is 0 Å². The van der Waals surface area contributed by atoms with Crippen molar-refractivity contribution in [1.29, 1.82) is 0 Å². The average molecular weight is 572 g/mol. The summed E-state index contributed by atoms with van der Waals surface area (Å²) in [6.45, 7) is 0. The van der Waals surface area contributed by atoms with Gasteiger partial charge in [-0.3, -0.25) is 4.98 Å². The quantitative estimate of drug-likeness (QED) is 0.193. The predicted octanol–water partition coefficient (Wildman–Crippen LogP) is 12.1. The lowest BCUT2D eigenvalue weighted by Crippen LogP contribution is -1.94. The number of aromatic nitrogens is 1. The number of nitrogens with zero attached hydrogens (tertiary/aromatic N) is 1. The predicted molar refractivity (Wildman–Crippen MR) is 190 cm³/mol. The van der Waals surface area contributed by atoms with Crippen LogP contribution in [0, 0.1) is 0 Å². The van der Waals surface area contributed by atoms with Crippen LogP contribution in [0.25, 0.3) is 98.1 Å². The molecule has 0 unspecified atom stereocenters. The van der Waals surface area contributed by atoms with Gasteiger partial charge in [-0.25, -0.2) is 0 Å². The van der Waals surface area contributed by atoms with Crippen molar-refractivity contribution < 1.29 is 4.42 Å². The van der Waals surface area contributed by atoms with Crippen LogP contribution in [0.3, 0.4) is 0 Å². The van der Waals surface area contributed by atoms with Gasteiger partial charge in [0.2, 0.25) is 0 Å². The zero-order valence-electron chi connectivity index (χ0n) is 24.3. The van der Waals surface area contributed by atoms with Gasteiger partial charge in [0, 0.05) is 34.1 Å². The summed E-state index contributed by atoms with van der Waals surface area (Å²) >= 11 is 0. The molecule has 2 aromatic heterocycles. The highest BCUT2D eigenvalue weighted by atomic mass is 16.3. The van der Waals surface area contributed by atoms with Gasteiger partial charge >= 0.3 is 0 Å². The van der Waals surface area contributed by atoms with Crippen molar-refractivity contribution in [2.24, 2.45) is 0 Å². The zero-order valence-corrected chi connectivity index (χ0v) is 24.3. The van der Waals surface area contributed by atoms with Crippen LogP contribution >= 0.6 is 0 Å². The number of fused-ring (bicyclic) bond motifs is 12. The third kappa shape index (κ3) is 3.42. The van der Waals surface area contributed by atoms with Crippen molar-refractivity contribution in [2.75, 3.05) is 0 Å². The molecule has 10 rings (SSSR count). The van der Waals surface area contributed by atoms with E-state index in [1.165, 1.54) is 70.6 Å². The summed E-state index contributed by atoms with van der Waals surface area (Å²) in [4.78, 5) is 4.58. The van der Waals surface area contributed by atoms with Crippen LogP contribution in [0.5, 0.6) is 0 Å². The van der Waals surface area contributed by atoms with E-state index in [-0.39, 0.29) is 0 Å². The summed E-state index contributed by atoms with van der Waals surface area (Å²) < 4.78 is 6.86. The van der Waals surface area contributed by atoms with Crippen LogP contribution < -0.4 is 0 Å². The lowest BCUT2D eigenvalue weighted by Gasteiger charge is -2.20. The van der Waals surface area contributed by atoms with E-state index in [0.717, 1.165) is 27.5 Å². The standard InChI is InChI=1S/C43H25NO/c1-4-14-30-26(10-1)19-22-38-40(30)36-21-20-35-41(37-24-27-11-2-3-13-29(27)31-15-5-6-16-32(31)37)39(28-12-9-23-44-25-28)33-17-7-8-18-34(33)42(35)43(36)45-38/h1-25H. The molecule has 0 N–H and O–H groups in total. The molecule has 0 fully saturated rings. The Labute approximate surface area is 258 Å². The molecule has 2 heteroatoms. The smallest absolute Gasteiger partial charge is 0.143 e. The van der Waals surface area contributed by atoms with E-state index < -0.39 is 0 Å². The molecule has 208 valence electrons. The molecule has 45 heavy (non-hydrogen) atoms. The number of rotatable bonds is 2. The molecule has 0 saturated carbocycles. The van der Waals surface area contributed by atoms with Gasteiger partial charge in [0.25, 0.3) is 0 Å². The highest BCUT2D eigenvalue weighted by Gasteiger charge is 2.23. The number of furan rings is 1. The molecule has 0 amide bonds. The van der Waals surface area contributed by atoms with E-state index in [4.69, 9.17) is 4.42 Å². The molecule has 0 aliphatic rings. The maximum absolute atomic E-state index is 6.86. The normalized spacial score (nSPS) is 12.0. The van der Waals surface area contributed by atoms with E-state index in [1.54, 1.807) is 0 Å². The van der Waals surface area contributed by atoms with E-state index in [1.807, 2.05) is 18.5 Å². The van der Waals surface area contributed by atoms with Crippen molar-refractivity contribution in [3.05, 3.63) is 152 Å². The molecule has 2 heterocycles. The van der Waals surface area contributed by atoms with Gasteiger partial charge in [-0.05, 0) is 89.4 Å². The summed E-state index contributed by atoms with van der Waals surface area (Å²) in [6, 6.07) is 50.3. The minimum atomic E-state index is 0.911. The van der Waals surface area contributed by atoms with E-state index in [0.29, 0.717) is 0 Å². The molecule has 2 nitrogen and oxygen atoms in total. The number of pyridine rings is 1. The van der Waals surface area contributed by atoms with Crippen molar-refractivity contribution in [1.82, 2.24) is 4.98 Å². The van der Waals surface area contributed by atoms with Crippen LogP contribution in [-0.4, -0.2) is 4.98 Å². The van der Waals surface area contributed by atoms with Crippen LogP contribution in [-0.2, 0) is 0 Å². The number of hydrogen-bond acceptors (Lipinski definition) is 2. The Balaban J connectivity index is 1.48. The average Bonchev–Trinajstić information content (AvgIpc) is 3.50. The molecule has 0 aliphatic carbocycles. The van der Waals surface area contributed by atoms with Crippen molar-refractivity contribution >= 4 is 75.8 Å². The van der Waals surface area contributed by atoms with Crippen LogP contribution in [0.1, 0.15) is 0 Å². The lowest BCUT2D eigenvalue weighted by atomic mass is 9.82. The first-order valence-corrected chi connectivity index (χ1v) is 15.4. The second-order valence-corrected chi connectivity index (χ2v) is 11.9. The molecule has 0 aliphatic heterocycles. The minimum Gasteiger partial charge on any atom is -0.455 e. The van der Waals surface area contributed by atoms with Gasteiger partial charge in [0.15, 0.2) is 0 Å². The van der Waals surface area contributed by atoms with E-state index in [2.05, 4.69) is 138 Å². The Morgan fingerprint density at radius 1 is 0.422 bits per heavy atom. The molecule has 0 bridgehead atoms. The largest absolute Gasteiger partial charge is 0.455 e. The van der Waals surface area contributed by atoms with Gasteiger partial charge in [-0.1, -0.05) is 115 Å². The second kappa shape index (κ2) is 9.25. The summed E-state index contributed by atoms with van der Waals surface area (Å²) in [6.07, 6.45) is 3.84. The molecule has 10 aromatic rings. The van der Waals surface area contributed by atoms with E-state index in [9.17, 15) is 0 Å². The summed E-state index contributed by atoms with van der Waals surface area (Å²) in [5.41, 5.74) is 6.53. The number of hydrogen-bond donors (Lipinski definition) is 0. The Hall–Kier alpha value is -5.99. The van der Waals surface area contributed by atoms with Gasteiger partial charge < -0.3 is 4.42 Å².